The van der Waals surface area contributed by atoms with E-state index < -0.39 is 0 Å². The van der Waals surface area contributed by atoms with Gasteiger partial charge < -0.3 is 4.74 Å². The van der Waals surface area contributed by atoms with E-state index in [1.54, 1.807) is 20.2 Å². The van der Waals surface area contributed by atoms with Crippen LogP contribution in [-0.4, -0.2) is 31.7 Å². The van der Waals surface area contributed by atoms with Gasteiger partial charge in [0.15, 0.2) is 0 Å². The second-order valence-corrected chi connectivity index (χ2v) is 4.53. The molecule has 1 fully saturated rings. The van der Waals surface area contributed by atoms with Crippen LogP contribution in [0.2, 0.25) is 0 Å². The lowest BCUT2D eigenvalue weighted by Crippen LogP contribution is -2.26. The fourth-order valence-electron chi connectivity index (χ4n) is 2.14. The predicted octanol–water partition coefficient (Wildman–Crippen LogP) is 3.84. The van der Waals surface area contributed by atoms with Crippen molar-refractivity contribution in [3.05, 3.63) is 73.0 Å². The largest absolute Gasteiger partial charge is 0.378 e. The van der Waals surface area contributed by atoms with Crippen molar-refractivity contribution >= 4 is 11.4 Å². The monoisotopic (exact) mass is 282 g/mol. The van der Waals surface area contributed by atoms with E-state index in [0.717, 1.165) is 33.7 Å². The molecule has 21 heavy (non-hydrogen) atoms. The zero-order chi connectivity index (χ0) is 16.0. The maximum Gasteiger partial charge on any atom is 0.0781 e. The maximum atomic E-state index is 5.31. The van der Waals surface area contributed by atoms with Gasteiger partial charge in [-0.3, -0.25) is 9.98 Å². The third-order valence-corrected chi connectivity index (χ3v) is 3.23. The zero-order valence-electron chi connectivity index (χ0n) is 13.0. The van der Waals surface area contributed by atoms with Crippen LogP contribution in [0.25, 0.3) is 0 Å². The van der Waals surface area contributed by atoms with Crippen molar-refractivity contribution in [3.63, 3.8) is 0 Å². The van der Waals surface area contributed by atoms with Crippen molar-refractivity contribution in [2.24, 2.45) is 9.98 Å². The Balaban J connectivity index is 3.55. The fourth-order valence-corrected chi connectivity index (χ4v) is 2.14. The Morgan fingerprint density at radius 3 is 2.19 bits per heavy atom. The summed E-state index contributed by atoms with van der Waals surface area (Å²) < 4.78 is 5.31. The Labute approximate surface area is 127 Å². The normalized spacial score (nSPS) is 24.9. The van der Waals surface area contributed by atoms with Crippen molar-refractivity contribution in [1.29, 1.82) is 0 Å². The quantitative estimate of drug-likeness (QED) is 0.771. The highest BCUT2D eigenvalue weighted by Gasteiger charge is 2.29. The molecule has 1 unspecified atom stereocenters. The molecule has 0 amide bonds. The molecule has 0 radical (unpaired) electrons. The Bertz CT molecular complexity index is 601. The van der Waals surface area contributed by atoms with Crippen molar-refractivity contribution < 1.29 is 4.74 Å². The smallest absolute Gasteiger partial charge is 0.0781 e. The van der Waals surface area contributed by atoms with E-state index >= 15 is 0 Å². The van der Waals surface area contributed by atoms with Crippen molar-refractivity contribution in [2.45, 2.75) is 13.0 Å². The molecule has 110 valence electrons. The molecule has 3 heteroatoms. The molecule has 1 rings (SSSR count). The maximum absolute atomic E-state index is 5.31. The zero-order valence-corrected chi connectivity index (χ0v) is 13.0. The average Bonchev–Trinajstić information content (AvgIpc) is 2.48. The van der Waals surface area contributed by atoms with Gasteiger partial charge in [0.1, 0.15) is 0 Å². The first-order chi connectivity index (χ1) is 10.0. The first-order valence-corrected chi connectivity index (χ1v) is 6.64. The van der Waals surface area contributed by atoms with E-state index in [-0.39, 0.29) is 6.10 Å². The number of nitrogens with zero attached hydrogens (tertiary/aromatic N) is 2. The fraction of sp³-hybridized carbons (Fsp3) is 0.222. The molecule has 0 N–H and O–H groups in total. The van der Waals surface area contributed by atoms with Crippen LogP contribution in [0.5, 0.6) is 0 Å². The number of hydrogen-bond donors (Lipinski definition) is 0. The molecule has 1 saturated carbocycles. The molecule has 1 aliphatic carbocycles. The lowest BCUT2D eigenvalue weighted by molar-refractivity contribution is 0.156. The number of methoxy groups -OCH3 is 1. The van der Waals surface area contributed by atoms with E-state index in [9.17, 15) is 0 Å². The minimum absolute atomic E-state index is 0.0591. The Morgan fingerprint density at radius 2 is 1.71 bits per heavy atom. The predicted molar refractivity (Wildman–Crippen MR) is 92.1 cm³/mol. The molecule has 1 aliphatic rings. The summed E-state index contributed by atoms with van der Waals surface area (Å²) in [6.45, 7) is 17.6. The molecule has 0 spiro atoms. The molecule has 0 bridgehead atoms. The van der Waals surface area contributed by atoms with Gasteiger partial charge in [-0.25, -0.2) is 0 Å². The van der Waals surface area contributed by atoms with Gasteiger partial charge in [-0.15, -0.1) is 0 Å². The highest BCUT2D eigenvalue weighted by atomic mass is 16.5. The number of allylic oxidation sites excluding steroid dienone is 6. The van der Waals surface area contributed by atoms with E-state index in [2.05, 4.69) is 36.3 Å². The molecule has 1 atom stereocenters. The Kier molecular flexibility index (Phi) is 6.00. The first kappa shape index (κ1) is 16.8. The van der Waals surface area contributed by atoms with Gasteiger partial charge in [-0.05, 0) is 13.0 Å². The van der Waals surface area contributed by atoms with Gasteiger partial charge in [0, 0.05) is 42.6 Å². The van der Waals surface area contributed by atoms with Crippen LogP contribution in [-0.2, 0) is 4.74 Å². The molecule has 0 saturated heterocycles. The summed E-state index contributed by atoms with van der Waals surface area (Å²) in [6, 6.07) is 0. The SMILES string of the molecule is C=C/C=C1\C(=C)C(=N\C)/C(=C/C(C)OC)C(=C)\C1=N/C=C. The number of aliphatic imine (C=N–C) groups is 2. The van der Waals surface area contributed by atoms with Crippen molar-refractivity contribution in [1.82, 2.24) is 0 Å². The summed E-state index contributed by atoms with van der Waals surface area (Å²) in [5.41, 5.74) is 4.84. The summed E-state index contributed by atoms with van der Waals surface area (Å²) in [5.74, 6) is 0. The molecule has 0 aliphatic heterocycles. The van der Waals surface area contributed by atoms with Gasteiger partial charge in [-0.2, -0.15) is 0 Å². The third-order valence-electron chi connectivity index (χ3n) is 3.23. The topological polar surface area (TPSA) is 34.0 Å². The van der Waals surface area contributed by atoms with Crippen LogP contribution in [0, 0.1) is 0 Å². The summed E-state index contributed by atoms with van der Waals surface area (Å²) in [6.07, 6.45) is 6.97. The summed E-state index contributed by atoms with van der Waals surface area (Å²) in [5, 5.41) is 0. The minimum Gasteiger partial charge on any atom is -0.378 e. The van der Waals surface area contributed by atoms with E-state index in [1.807, 2.05) is 19.1 Å². The third kappa shape index (κ3) is 3.44. The molecular weight excluding hydrogens is 260 g/mol. The number of rotatable bonds is 4. The van der Waals surface area contributed by atoms with Crippen LogP contribution in [0.15, 0.2) is 83.0 Å². The molecule has 0 heterocycles. The highest BCUT2D eigenvalue weighted by molar-refractivity contribution is 6.36. The average molecular weight is 282 g/mol. The number of ether oxygens (including phenoxy) is 1. The molecule has 0 aromatic carbocycles. The van der Waals surface area contributed by atoms with Gasteiger partial charge >= 0.3 is 0 Å². The second-order valence-electron chi connectivity index (χ2n) is 4.53. The van der Waals surface area contributed by atoms with Crippen molar-refractivity contribution in [2.75, 3.05) is 14.2 Å². The molecule has 3 nitrogen and oxygen atoms in total. The number of hydrogen-bond acceptors (Lipinski definition) is 3. The molecular formula is C18H22N2O. The van der Waals surface area contributed by atoms with Crippen LogP contribution >= 0.6 is 0 Å². The van der Waals surface area contributed by atoms with Gasteiger partial charge in [0.05, 0.1) is 17.5 Å². The summed E-state index contributed by atoms with van der Waals surface area (Å²) in [4.78, 5) is 8.69. The van der Waals surface area contributed by atoms with Gasteiger partial charge in [-0.1, -0.05) is 38.5 Å². The Hall–Kier alpha value is -2.26. The second kappa shape index (κ2) is 7.50. The lowest BCUT2D eigenvalue weighted by Gasteiger charge is -2.26. The minimum atomic E-state index is -0.0591. The van der Waals surface area contributed by atoms with Crippen LogP contribution in [0.1, 0.15) is 6.92 Å². The molecule has 0 aromatic heterocycles. The van der Waals surface area contributed by atoms with Gasteiger partial charge in [0.2, 0.25) is 0 Å². The van der Waals surface area contributed by atoms with E-state index in [0.29, 0.717) is 0 Å². The van der Waals surface area contributed by atoms with Crippen LogP contribution < -0.4 is 0 Å². The summed E-state index contributed by atoms with van der Waals surface area (Å²) in [7, 11) is 3.40. The highest BCUT2D eigenvalue weighted by Crippen LogP contribution is 2.32. The Morgan fingerprint density at radius 1 is 1.10 bits per heavy atom. The standard InChI is InChI=1S/C18H22N2O/c1-8-10-15-13(4)17(19-6)16(11-12(3)21-7)14(5)18(15)20-9-2/h8-12H,1-2,4-5H2,3,6-7H3/b15-10+,16-11+,19-17+,20-18+. The van der Waals surface area contributed by atoms with E-state index in [4.69, 9.17) is 4.74 Å². The van der Waals surface area contributed by atoms with Crippen LogP contribution in [0.4, 0.5) is 0 Å². The van der Waals surface area contributed by atoms with Crippen LogP contribution in [0.3, 0.4) is 0 Å². The van der Waals surface area contributed by atoms with Crippen molar-refractivity contribution in [3.8, 4) is 0 Å². The van der Waals surface area contributed by atoms with E-state index in [1.165, 1.54) is 6.20 Å². The van der Waals surface area contributed by atoms with Gasteiger partial charge in [0.25, 0.3) is 0 Å². The lowest BCUT2D eigenvalue weighted by atomic mass is 9.79. The summed E-state index contributed by atoms with van der Waals surface area (Å²) >= 11 is 0. The molecule has 0 aromatic rings. The first-order valence-electron chi connectivity index (χ1n) is 6.64.